The number of benzene rings is 1. The smallest absolute Gasteiger partial charge is 0.352 e. The minimum atomic E-state index is -6.55. The van der Waals surface area contributed by atoms with E-state index in [1.54, 1.807) is 26.0 Å². The Bertz CT molecular complexity index is 1720. The van der Waals surface area contributed by atoms with Crippen LogP contribution in [0.5, 0.6) is 0 Å². The molecule has 1 N–H and O–H groups in total. The van der Waals surface area contributed by atoms with Crippen LogP contribution in [0.25, 0.3) is 5.82 Å². The van der Waals surface area contributed by atoms with Crippen molar-refractivity contribution in [3.05, 3.63) is 85.1 Å². The van der Waals surface area contributed by atoms with E-state index in [0.717, 1.165) is 8.25 Å². The van der Waals surface area contributed by atoms with Crippen molar-refractivity contribution in [2.45, 2.75) is 44.8 Å². The third-order valence-electron chi connectivity index (χ3n) is 6.25. The Kier molecular flexibility index (Phi) is 9.39. The molecule has 0 fully saturated rings. The van der Waals surface area contributed by atoms with Crippen LogP contribution in [0.3, 0.4) is 0 Å². The van der Waals surface area contributed by atoms with Gasteiger partial charge >= 0.3 is 18.0 Å². The van der Waals surface area contributed by atoms with Crippen molar-refractivity contribution in [3.63, 3.8) is 0 Å². The minimum Gasteiger partial charge on any atom is -0.352 e. The lowest BCUT2D eigenvalue weighted by Gasteiger charge is -2.26. The molecule has 0 aliphatic carbocycles. The largest absolute Gasteiger partial charge is 0.460 e. The maximum atomic E-state index is 14.1. The highest BCUT2D eigenvalue weighted by atomic mass is 127. The van der Waals surface area contributed by atoms with Gasteiger partial charge in [-0.3, -0.25) is 9.59 Å². The SMILES string of the molecule is CCNC(=O)c1cc(I)cc(C)c1CC(=O)c1cc(Cn2ncc(C(F)(F)C(F)(F)C(F)(F)F)n2)nn1-c1ncccc1Cl. The second-order valence-electron chi connectivity index (χ2n) is 9.36. The molecule has 0 aliphatic heterocycles. The fourth-order valence-corrected chi connectivity index (χ4v) is 5.10. The number of carbonyl (C=O) groups excluding carboxylic acids is 2. The first-order valence-electron chi connectivity index (χ1n) is 12.5. The number of nitrogens with one attached hydrogen (secondary N) is 1. The van der Waals surface area contributed by atoms with Gasteiger partial charge in [-0.15, -0.1) is 0 Å². The Hall–Kier alpha value is -3.61. The van der Waals surface area contributed by atoms with E-state index in [2.05, 4.69) is 25.6 Å². The van der Waals surface area contributed by atoms with Crippen LogP contribution >= 0.6 is 34.2 Å². The Morgan fingerprint density at radius 1 is 1.07 bits per heavy atom. The average Bonchev–Trinajstić information content (AvgIpc) is 3.57. The number of halogens is 9. The van der Waals surface area contributed by atoms with Crippen molar-refractivity contribution in [2.24, 2.45) is 0 Å². The summed E-state index contributed by atoms with van der Waals surface area (Å²) in [6, 6.07) is 7.59. The molecule has 0 spiro atoms. The molecule has 0 saturated heterocycles. The molecule has 3 heterocycles. The average molecular weight is 758 g/mol. The van der Waals surface area contributed by atoms with Crippen molar-refractivity contribution in [3.8, 4) is 5.82 Å². The molecule has 9 nitrogen and oxygen atoms in total. The van der Waals surface area contributed by atoms with Gasteiger partial charge in [-0.1, -0.05) is 11.6 Å². The van der Waals surface area contributed by atoms with E-state index in [1.165, 1.54) is 24.4 Å². The van der Waals surface area contributed by atoms with E-state index < -0.39 is 42.0 Å². The Balaban J connectivity index is 1.73. The predicted molar refractivity (Wildman–Crippen MR) is 150 cm³/mol. The van der Waals surface area contributed by atoms with E-state index >= 15 is 0 Å². The molecule has 0 bridgehead atoms. The first-order chi connectivity index (χ1) is 20.5. The standard InChI is InChI=1S/C26H20ClF7IN7O2/c1-3-36-23(44)17-8-14(35)7-13(2)16(17)10-20(43)19-9-15(39-42(19)22-18(27)5-4-6-37-22)12-41-38-11-21(40-41)24(28,29)25(30,31)26(32,33)34/h4-9,11H,3,10,12H2,1-2H3,(H,36,44). The molecule has 44 heavy (non-hydrogen) atoms. The Labute approximate surface area is 262 Å². The highest BCUT2D eigenvalue weighted by Crippen LogP contribution is 2.51. The monoisotopic (exact) mass is 757 g/mol. The summed E-state index contributed by atoms with van der Waals surface area (Å²) in [5.74, 6) is -13.1. The summed E-state index contributed by atoms with van der Waals surface area (Å²) in [7, 11) is 0. The van der Waals surface area contributed by atoms with Gasteiger partial charge in [0.2, 0.25) is 0 Å². The number of nitrogens with zero attached hydrogens (tertiary/aromatic N) is 6. The molecule has 4 aromatic rings. The molecule has 4 rings (SSSR count). The van der Waals surface area contributed by atoms with Gasteiger partial charge < -0.3 is 5.32 Å². The molecular formula is C26H20ClF7IN7O2. The number of aryl methyl sites for hydroxylation is 1. The molecular weight excluding hydrogens is 738 g/mol. The number of pyridine rings is 1. The van der Waals surface area contributed by atoms with Gasteiger partial charge in [-0.2, -0.15) is 50.8 Å². The van der Waals surface area contributed by atoms with Crippen LogP contribution in [0.15, 0.2) is 42.7 Å². The summed E-state index contributed by atoms with van der Waals surface area (Å²) in [6.45, 7) is 3.19. The number of hydrogen-bond acceptors (Lipinski definition) is 6. The van der Waals surface area contributed by atoms with Crippen LogP contribution in [-0.2, 0) is 18.9 Å². The van der Waals surface area contributed by atoms with Gasteiger partial charge in [0.25, 0.3) is 5.91 Å². The van der Waals surface area contributed by atoms with Crippen LogP contribution in [0.1, 0.15) is 50.3 Å². The van der Waals surface area contributed by atoms with Crippen molar-refractivity contribution in [1.82, 2.24) is 35.1 Å². The topological polar surface area (TPSA) is 108 Å². The molecule has 0 aliphatic rings. The number of carbonyl (C=O) groups is 2. The Morgan fingerprint density at radius 3 is 2.41 bits per heavy atom. The first-order valence-corrected chi connectivity index (χ1v) is 14.0. The third-order valence-corrected chi connectivity index (χ3v) is 7.17. The van der Waals surface area contributed by atoms with Gasteiger partial charge in [-0.05, 0) is 77.9 Å². The summed E-state index contributed by atoms with van der Waals surface area (Å²) < 4.78 is 94.9. The molecule has 0 radical (unpaired) electrons. The number of hydrogen-bond donors (Lipinski definition) is 1. The van der Waals surface area contributed by atoms with Crippen LogP contribution < -0.4 is 5.32 Å². The minimum absolute atomic E-state index is 0.00230. The van der Waals surface area contributed by atoms with E-state index in [9.17, 15) is 40.3 Å². The zero-order valence-corrected chi connectivity index (χ0v) is 25.5. The normalized spacial score (nSPS) is 12.4. The van der Waals surface area contributed by atoms with Gasteiger partial charge in [0.15, 0.2) is 17.3 Å². The number of rotatable bonds is 10. The van der Waals surface area contributed by atoms with Gasteiger partial charge in [-0.25, -0.2) is 9.67 Å². The summed E-state index contributed by atoms with van der Waals surface area (Å²) in [5, 5.41) is 13.5. The fraction of sp³-hybridized carbons (Fsp3) is 0.308. The van der Waals surface area contributed by atoms with E-state index in [4.69, 9.17) is 11.6 Å². The van der Waals surface area contributed by atoms with E-state index in [1.807, 2.05) is 22.6 Å². The quantitative estimate of drug-likeness (QED) is 0.122. The summed E-state index contributed by atoms with van der Waals surface area (Å²) in [5.41, 5.74) is -0.757. The van der Waals surface area contributed by atoms with Crippen LogP contribution in [0.2, 0.25) is 5.02 Å². The molecule has 0 atom stereocenters. The molecule has 1 amide bonds. The molecule has 234 valence electrons. The van der Waals surface area contributed by atoms with Crippen molar-refractivity contribution >= 4 is 45.9 Å². The molecule has 1 aromatic carbocycles. The van der Waals surface area contributed by atoms with Crippen LogP contribution in [0.4, 0.5) is 30.7 Å². The fourth-order valence-electron chi connectivity index (χ4n) is 4.12. The van der Waals surface area contributed by atoms with Gasteiger partial charge in [0, 0.05) is 28.3 Å². The Morgan fingerprint density at radius 2 is 1.77 bits per heavy atom. The summed E-state index contributed by atoms with van der Waals surface area (Å²) >= 11 is 8.32. The lowest BCUT2D eigenvalue weighted by molar-refractivity contribution is -0.360. The van der Waals surface area contributed by atoms with Gasteiger partial charge in [0.05, 0.1) is 16.9 Å². The highest BCUT2D eigenvalue weighted by molar-refractivity contribution is 14.1. The van der Waals surface area contributed by atoms with Gasteiger partial charge in [0.1, 0.15) is 12.2 Å². The predicted octanol–water partition coefficient (Wildman–Crippen LogP) is 5.94. The van der Waals surface area contributed by atoms with E-state index in [-0.39, 0.29) is 40.4 Å². The van der Waals surface area contributed by atoms with Crippen molar-refractivity contribution < 1.29 is 40.3 Å². The van der Waals surface area contributed by atoms with Crippen molar-refractivity contribution in [2.75, 3.05) is 6.54 Å². The second-order valence-corrected chi connectivity index (χ2v) is 11.0. The number of alkyl halides is 7. The lowest BCUT2D eigenvalue weighted by atomic mass is 9.95. The maximum Gasteiger partial charge on any atom is 0.460 e. The number of amides is 1. The third kappa shape index (κ3) is 6.43. The number of ketones is 1. The van der Waals surface area contributed by atoms with Crippen molar-refractivity contribution in [1.29, 1.82) is 0 Å². The van der Waals surface area contributed by atoms with Crippen LogP contribution in [0, 0.1) is 10.5 Å². The first kappa shape index (κ1) is 33.3. The summed E-state index contributed by atoms with van der Waals surface area (Å²) in [4.78, 5) is 31.0. The number of Topliss-reactive ketones (excluding diaryl/α,β-unsaturated/α-hetero) is 1. The molecule has 3 aromatic heterocycles. The molecule has 18 heteroatoms. The van der Waals surface area contributed by atoms with Crippen LogP contribution in [-0.4, -0.2) is 60.1 Å². The second kappa shape index (κ2) is 12.4. The van der Waals surface area contributed by atoms with E-state index in [0.29, 0.717) is 22.5 Å². The maximum absolute atomic E-state index is 14.1. The molecule has 0 saturated carbocycles. The highest BCUT2D eigenvalue weighted by Gasteiger charge is 2.74. The zero-order valence-electron chi connectivity index (χ0n) is 22.6. The lowest BCUT2D eigenvalue weighted by Crippen LogP contribution is -2.50. The molecule has 0 unspecified atom stereocenters. The number of aromatic nitrogens is 6. The zero-order chi connectivity index (χ0) is 32.6. The summed E-state index contributed by atoms with van der Waals surface area (Å²) in [6.07, 6.45) is -5.39.